The van der Waals surface area contributed by atoms with Gasteiger partial charge in [-0.1, -0.05) is 13.8 Å². The summed E-state index contributed by atoms with van der Waals surface area (Å²) in [7, 11) is 1.91. The fraction of sp³-hybridized carbons (Fsp3) is 0.769. The van der Waals surface area contributed by atoms with Gasteiger partial charge in [0.2, 0.25) is 0 Å². The van der Waals surface area contributed by atoms with Crippen LogP contribution in [0.15, 0.2) is 12.4 Å². The molecule has 0 aliphatic carbocycles. The minimum absolute atomic E-state index is 0.210. The van der Waals surface area contributed by atoms with Crippen molar-refractivity contribution in [3.8, 4) is 0 Å². The van der Waals surface area contributed by atoms with E-state index in [9.17, 15) is 5.11 Å². The normalized spacial score (nSPS) is 17.1. The molecule has 0 saturated carbocycles. The number of hydrogen-bond acceptors (Lipinski definition) is 3. The average molecular weight is 239 g/mol. The van der Waals surface area contributed by atoms with Crippen molar-refractivity contribution >= 4 is 0 Å². The molecule has 4 nitrogen and oxygen atoms in total. The number of nitrogens with zero attached hydrogens (tertiary/aromatic N) is 2. The van der Waals surface area contributed by atoms with Crippen LogP contribution in [0.2, 0.25) is 0 Å². The Labute approximate surface area is 104 Å². The molecule has 0 radical (unpaired) electrons. The molecule has 0 aromatic carbocycles. The highest BCUT2D eigenvalue weighted by Crippen LogP contribution is 2.17. The highest BCUT2D eigenvalue weighted by atomic mass is 16.3. The van der Waals surface area contributed by atoms with E-state index in [0.29, 0.717) is 12.5 Å². The zero-order valence-corrected chi connectivity index (χ0v) is 11.6. The van der Waals surface area contributed by atoms with Gasteiger partial charge in [0, 0.05) is 31.4 Å². The Hall–Kier alpha value is -0.870. The van der Waals surface area contributed by atoms with Gasteiger partial charge in [-0.3, -0.25) is 4.68 Å². The SMILES string of the molecule is CC(C)CC(C)(O)CNC(C)c1cnn(C)c1. The predicted octanol–water partition coefficient (Wildman–Crippen LogP) is 1.87. The van der Waals surface area contributed by atoms with E-state index >= 15 is 0 Å². The molecular weight excluding hydrogens is 214 g/mol. The van der Waals surface area contributed by atoms with E-state index in [2.05, 4.69) is 31.2 Å². The third kappa shape index (κ3) is 4.88. The summed E-state index contributed by atoms with van der Waals surface area (Å²) >= 11 is 0. The van der Waals surface area contributed by atoms with Crippen molar-refractivity contribution in [2.45, 2.75) is 45.8 Å². The van der Waals surface area contributed by atoms with Gasteiger partial charge in [0.05, 0.1) is 11.8 Å². The minimum Gasteiger partial charge on any atom is -0.389 e. The summed E-state index contributed by atoms with van der Waals surface area (Å²) in [6.07, 6.45) is 4.66. The number of aliphatic hydroxyl groups is 1. The number of aryl methyl sites for hydroxylation is 1. The second-order valence-electron chi connectivity index (χ2n) is 5.64. The Morgan fingerprint density at radius 1 is 1.47 bits per heavy atom. The molecule has 2 atom stereocenters. The van der Waals surface area contributed by atoms with Crippen molar-refractivity contribution in [1.82, 2.24) is 15.1 Å². The summed E-state index contributed by atoms with van der Waals surface area (Å²) in [4.78, 5) is 0. The molecule has 0 amide bonds. The maximum atomic E-state index is 10.2. The Bertz CT molecular complexity index is 344. The third-order valence-electron chi connectivity index (χ3n) is 2.86. The number of hydrogen-bond donors (Lipinski definition) is 2. The van der Waals surface area contributed by atoms with Gasteiger partial charge in [-0.2, -0.15) is 5.10 Å². The topological polar surface area (TPSA) is 50.1 Å². The van der Waals surface area contributed by atoms with E-state index in [1.165, 1.54) is 0 Å². The van der Waals surface area contributed by atoms with Crippen molar-refractivity contribution in [3.05, 3.63) is 18.0 Å². The summed E-state index contributed by atoms with van der Waals surface area (Å²) in [5, 5.41) is 17.7. The van der Waals surface area contributed by atoms with Gasteiger partial charge in [0.15, 0.2) is 0 Å². The lowest BCUT2D eigenvalue weighted by Crippen LogP contribution is -2.39. The lowest BCUT2D eigenvalue weighted by molar-refractivity contribution is 0.0363. The molecule has 2 unspecified atom stereocenters. The van der Waals surface area contributed by atoms with Gasteiger partial charge >= 0.3 is 0 Å². The second-order valence-corrected chi connectivity index (χ2v) is 5.64. The van der Waals surface area contributed by atoms with E-state index in [0.717, 1.165) is 12.0 Å². The first-order valence-electron chi connectivity index (χ1n) is 6.24. The van der Waals surface area contributed by atoms with Crippen molar-refractivity contribution < 1.29 is 5.11 Å². The summed E-state index contributed by atoms with van der Waals surface area (Å²) < 4.78 is 1.79. The molecule has 0 aliphatic rings. The molecule has 1 rings (SSSR count). The summed E-state index contributed by atoms with van der Waals surface area (Å²) in [6.45, 7) is 8.82. The molecular formula is C13H25N3O. The first-order chi connectivity index (χ1) is 7.80. The van der Waals surface area contributed by atoms with E-state index in [1.54, 1.807) is 4.68 Å². The maximum absolute atomic E-state index is 10.2. The zero-order chi connectivity index (χ0) is 13.1. The maximum Gasteiger partial charge on any atom is 0.0746 e. The molecule has 0 fully saturated rings. The van der Waals surface area contributed by atoms with Crippen LogP contribution in [0, 0.1) is 5.92 Å². The fourth-order valence-corrected chi connectivity index (χ4v) is 2.11. The van der Waals surface area contributed by atoms with E-state index in [4.69, 9.17) is 0 Å². The lowest BCUT2D eigenvalue weighted by atomic mass is 9.94. The van der Waals surface area contributed by atoms with Crippen LogP contribution in [0.4, 0.5) is 0 Å². The number of rotatable bonds is 6. The molecule has 0 aliphatic heterocycles. The van der Waals surface area contributed by atoms with Crippen LogP contribution >= 0.6 is 0 Å². The van der Waals surface area contributed by atoms with Crippen LogP contribution in [0.5, 0.6) is 0 Å². The number of aromatic nitrogens is 2. The van der Waals surface area contributed by atoms with E-state index < -0.39 is 5.60 Å². The van der Waals surface area contributed by atoms with Crippen LogP contribution < -0.4 is 5.32 Å². The van der Waals surface area contributed by atoms with Crippen molar-refractivity contribution in [2.24, 2.45) is 13.0 Å². The van der Waals surface area contributed by atoms with Crippen LogP contribution in [-0.2, 0) is 7.05 Å². The largest absolute Gasteiger partial charge is 0.389 e. The smallest absolute Gasteiger partial charge is 0.0746 e. The molecule has 0 saturated heterocycles. The highest BCUT2D eigenvalue weighted by Gasteiger charge is 2.22. The standard InChI is InChI=1S/C13H25N3O/c1-10(2)6-13(4,17)9-14-11(3)12-7-15-16(5)8-12/h7-8,10-11,14,17H,6,9H2,1-5H3. The highest BCUT2D eigenvalue weighted by molar-refractivity contribution is 5.09. The van der Waals surface area contributed by atoms with Gasteiger partial charge in [-0.25, -0.2) is 0 Å². The Kier molecular flexibility index (Phi) is 4.71. The van der Waals surface area contributed by atoms with Crippen LogP contribution in [0.25, 0.3) is 0 Å². The molecule has 2 N–H and O–H groups in total. The second kappa shape index (κ2) is 5.65. The fourth-order valence-electron chi connectivity index (χ4n) is 2.11. The molecule has 17 heavy (non-hydrogen) atoms. The molecule has 1 aromatic heterocycles. The third-order valence-corrected chi connectivity index (χ3v) is 2.86. The molecule has 98 valence electrons. The van der Waals surface area contributed by atoms with Gasteiger partial charge < -0.3 is 10.4 Å². The lowest BCUT2D eigenvalue weighted by Gasteiger charge is -2.27. The first kappa shape index (κ1) is 14.2. The molecule has 0 bridgehead atoms. The van der Waals surface area contributed by atoms with Crippen molar-refractivity contribution in [1.29, 1.82) is 0 Å². The van der Waals surface area contributed by atoms with Gasteiger partial charge in [-0.05, 0) is 26.2 Å². The van der Waals surface area contributed by atoms with Crippen molar-refractivity contribution in [3.63, 3.8) is 0 Å². The molecule has 1 aromatic rings. The molecule has 1 heterocycles. The number of nitrogens with one attached hydrogen (secondary N) is 1. The van der Waals surface area contributed by atoms with Gasteiger partial charge in [0.1, 0.15) is 0 Å². The van der Waals surface area contributed by atoms with E-state index in [-0.39, 0.29) is 6.04 Å². The Morgan fingerprint density at radius 3 is 2.59 bits per heavy atom. The molecule has 4 heteroatoms. The average Bonchev–Trinajstić information content (AvgIpc) is 2.59. The van der Waals surface area contributed by atoms with Crippen molar-refractivity contribution in [2.75, 3.05) is 6.54 Å². The minimum atomic E-state index is -0.648. The quantitative estimate of drug-likeness (QED) is 0.797. The zero-order valence-electron chi connectivity index (χ0n) is 11.6. The van der Waals surface area contributed by atoms with E-state index in [1.807, 2.05) is 26.4 Å². The van der Waals surface area contributed by atoms with Gasteiger partial charge in [0.25, 0.3) is 0 Å². The van der Waals surface area contributed by atoms with Crippen LogP contribution in [0.3, 0.4) is 0 Å². The summed E-state index contributed by atoms with van der Waals surface area (Å²) in [6, 6.07) is 0.210. The monoisotopic (exact) mass is 239 g/mol. The summed E-state index contributed by atoms with van der Waals surface area (Å²) in [5.41, 5.74) is 0.498. The Balaban J connectivity index is 2.45. The van der Waals surface area contributed by atoms with Crippen LogP contribution in [0.1, 0.15) is 45.7 Å². The Morgan fingerprint density at radius 2 is 2.12 bits per heavy atom. The summed E-state index contributed by atoms with van der Waals surface area (Å²) in [5.74, 6) is 0.500. The van der Waals surface area contributed by atoms with Gasteiger partial charge in [-0.15, -0.1) is 0 Å². The first-order valence-corrected chi connectivity index (χ1v) is 6.24. The molecule has 0 spiro atoms. The predicted molar refractivity (Wildman–Crippen MR) is 69.7 cm³/mol. The van der Waals surface area contributed by atoms with Crippen LogP contribution in [-0.4, -0.2) is 27.0 Å².